The fraction of sp³-hybridized carbons (Fsp3) is 0. The summed E-state index contributed by atoms with van der Waals surface area (Å²) < 4.78 is 4.81. The van der Waals surface area contributed by atoms with Crippen LogP contribution in [0.15, 0.2) is 200 Å². The molecule has 0 aliphatic heterocycles. The Morgan fingerprint density at radius 1 is 0.267 bits per heavy atom. The smallest absolute Gasteiger partial charge is 0.238 e. The second kappa shape index (κ2) is 12.7. The molecular weight excluding hydrogens is 731 g/mol. The van der Waals surface area contributed by atoms with Crippen LogP contribution >= 0.6 is 0 Å². The van der Waals surface area contributed by atoms with Crippen molar-refractivity contribution in [1.82, 2.24) is 24.1 Å². The van der Waals surface area contributed by atoms with Crippen molar-refractivity contribution in [3.8, 4) is 34.4 Å². The Kier molecular flexibility index (Phi) is 6.95. The highest BCUT2D eigenvalue weighted by atomic mass is 15.2. The molecule has 5 heteroatoms. The van der Waals surface area contributed by atoms with Gasteiger partial charge in [-0.1, -0.05) is 182 Å². The van der Waals surface area contributed by atoms with Crippen molar-refractivity contribution in [2.24, 2.45) is 0 Å². The number of fused-ring (bicyclic) bond motifs is 17. The molecule has 60 heavy (non-hydrogen) atoms. The maximum absolute atomic E-state index is 5.50. The van der Waals surface area contributed by atoms with E-state index in [1.165, 1.54) is 53.9 Å². The van der Waals surface area contributed by atoms with Crippen LogP contribution < -0.4 is 0 Å². The second-order valence-electron chi connectivity index (χ2n) is 15.5. The van der Waals surface area contributed by atoms with Crippen LogP contribution in [-0.4, -0.2) is 24.1 Å². The molecule has 3 aromatic heterocycles. The normalized spacial score (nSPS) is 12.0. The van der Waals surface area contributed by atoms with Crippen LogP contribution in [0.2, 0.25) is 0 Å². The monoisotopic (exact) mass is 763 g/mol. The van der Waals surface area contributed by atoms with Gasteiger partial charge in [0.05, 0.1) is 22.1 Å². The maximum Gasteiger partial charge on any atom is 0.238 e. The summed E-state index contributed by atoms with van der Waals surface area (Å²) in [6.07, 6.45) is 0. The molecule has 0 saturated carbocycles. The van der Waals surface area contributed by atoms with Gasteiger partial charge in [-0.3, -0.25) is 4.57 Å². The number of rotatable bonds is 4. The summed E-state index contributed by atoms with van der Waals surface area (Å²) >= 11 is 0. The molecule has 10 aromatic carbocycles. The van der Waals surface area contributed by atoms with E-state index in [2.05, 4.69) is 173 Å². The van der Waals surface area contributed by atoms with E-state index in [0.29, 0.717) is 17.6 Å². The van der Waals surface area contributed by atoms with Gasteiger partial charge in [-0.25, -0.2) is 4.98 Å². The second-order valence-corrected chi connectivity index (χ2v) is 15.5. The molecular formula is C55H33N5. The number of hydrogen-bond acceptors (Lipinski definition) is 3. The number of benzene rings is 10. The third-order valence-corrected chi connectivity index (χ3v) is 12.3. The first-order chi connectivity index (χ1) is 29.8. The highest BCUT2D eigenvalue weighted by molar-refractivity contribution is 6.43. The molecule has 278 valence electrons. The minimum atomic E-state index is 0.564. The van der Waals surface area contributed by atoms with Gasteiger partial charge in [0.2, 0.25) is 5.95 Å². The number of nitrogens with zero attached hydrogens (tertiary/aromatic N) is 5. The molecule has 5 nitrogen and oxygen atoms in total. The highest BCUT2D eigenvalue weighted by Gasteiger charge is 2.27. The van der Waals surface area contributed by atoms with E-state index >= 15 is 0 Å². The SMILES string of the molecule is c1ccc(-c2nc(-c3ccccc3)nc(-n3c4c(c5ccccc5c5c6ccccc6c6ccccc6c54)c4ccc5c6ccccc6n(-c6ccccc6)c5c43)n2)cc1. The van der Waals surface area contributed by atoms with Gasteiger partial charge in [-0.15, -0.1) is 0 Å². The van der Waals surface area contributed by atoms with Gasteiger partial charge < -0.3 is 4.57 Å². The van der Waals surface area contributed by atoms with Crippen LogP contribution in [0.25, 0.3) is 121 Å². The molecule has 0 unspecified atom stereocenters. The largest absolute Gasteiger partial charge is 0.307 e. The molecule has 0 N–H and O–H groups in total. The summed E-state index contributed by atoms with van der Waals surface area (Å²) in [5, 5.41) is 14.3. The van der Waals surface area contributed by atoms with Crippen molar-refractivity contribution in [2.75, 3.05) is 0 Å². The summed E-state index contributed by atoms with van der Waals surface area (Å²) in [6, 6.07) is 71.3. The van der Waals surface area contributed by atoms with Crippen molar-refractivity contribution in [1.29, 1.82) is 0 Å². The first-order valence-corrected chi connectivity index (χ1v) is 20.4. The molecule has 0 atom stereocenters. The Balaban J connectivity index is 1.36. The van der Waals surface area contributed by atoms with Gasteiger partial charge in [0.25, 0.3) is 0 Å². The molecule has 0 aliphatic rings. The predicted molar refractivity (Wildman–Crippen MR) is 249 cm³/mol. The molecule has 0 bridgehead atoms. The van der Waals surface area contributed by atoms with Crippen molar-refractivity contribution in [3.63, 3.8) is 0 Å². The lowest BCUT2D eigenvalue weighted by Gasteiger charge is -2.17. The first-order valence-electron chi connectivity index (χ1n) is 20.4. The number of hydrogen-bond donors (Lipinski definition) is 0. The average molecular weight is 764 g/mol. The molecule has 13 rings (SSSR count). The van der Waals surface area contributed by atoms with Gasteiger partial charge in [-0.2, -0.15) is 9.97 Å². The Bertz CT molecular complexity index is 3810. The van der Waals surface area contributed by atoms with E-state index in [1.54, 1.807) is 0 Å². The van der Waals surface area contributed by atoms with Gasteiger partial charge in [-0.05, 0) is 50.5 Å². The van der Waals surface area contributed by atoms with Gasteiger partial charge in [0.15, 0.2) is 11.6 Å². The van der Waals surface area contributed by atoms with Crippen LogP contribution in [0, 0.1) is 0 Å². The number of aromatic nitrogens is 5. The van der Waals surface area contributed by atoms with Crippen LogP contribution in [-0.2, 0) is 0 Å². The van der Waals surface area contributed by atoms with Crippen LogP contribution in [0.3, 0.4) is 0 Å². The predicted octanol–water partition coefficient (Wildman–Crippen LogP) is 14.0. The zero-order valence-electron chi connectivity index (χ0n) is 32.3. The van der Waals surface area contributed by atoms with E-state index in [0.717, 1.165) is 49.7 Å². The lowest BCUT2D eigenvalue weighted by Crippen LogP contribution is -2.07. The molecule has 3 heterocycles. The third kappa shape index (κ3) is 4.60. The molecule has 13 aromatic rings. The van der Waals surface area contributed by atoms with E-state index in [4.69, 9.17) is 15.0 Å². The molecule has 0 fully saturated rings. The van der Waals surface area contributed by atoms with Gasteiger partial charge in [0.1, 0.15) is 0 Å². The zero-order chi connectivity index (χ0) is 39.3. The Hall–Kier alpha value is -8.15. The standard InChI is InChI=1S/C55H33N5/c1-4-18-34(19-5-1)53-56-54(35-20-6-2-7-21-35)58-55(57-53)60-51-45(33-32-44-39-26-16-17-31-46(39)59(50(44)51)36-22-8-3-9-23-36)48-43-30-15-14-29-42(43)47-40-27-12-10-24-37(40)38-25-11-13-28-41(38)49(47)52(48)60/h1-33H. The lowest BCUT2D eigenvalue weighted by atomic mass is 9.89. The Morgan fingerprint density at radius 3 is 1.30 bits per heavy atom. The average Bonchev–Trinajstić information content (AvgIpc) is 3.86. The molecule has 0 spiro atoms. The van der Waals surface area contributed by atoms with Gasteiger partial charge in [0, 0.05) is 49.1 Å². The van der Waals surface area contributed by atoms with E-state index in [9.17, 15) is 0 Å². The van der Waals surface area contributed by atoms with E-state index < -0.39 is 0 Å². The summed E-state index contributed by atoms with van der Waals surface area (Å²) in [4.78, 5) is 16.2. The first kappa shape index (κ1) is 32.9. The van der Waals surface area contributed by atoms with E-state index in [1.807, 2.05) is 36.4 Å². The molecule has 0 amide bonds. The summed E-state index contributed by atoms with van der Waals surface area (Å²) in [5.74, 6) is 1.80. The summed E-state index contributed by atoms with van der Waals surface area (Å²) in [5.41, 5.74) is 7.29. The maximum atomic E-state index is 5.50. The van der Waals surface area contributed by atoms with Crippen LogP contribution in [0.1, 0.15) is 0 Å². The third-order valence-electron chi connectivity index (χ3n) is 12.3. The minimum Gasteiger partial charge on any atom is -0.307 e. The van der Waals surface area contributed by atoms with Gasteiger partial charge >= 0.3 is 0 Å². The molecule has 0 saturated heterocycles. The fourth-order valence-corrected chi connectivity index (χ4v) is 9.86. The van der Waals surface area contributed by atoms with Crippen molar-refractivity contribution in [2.45, 2.75) is 0 Å². The lowest BCUT2D eigenvalue weighted by molar-refractivity contribution is 0.955. The Morgan fingerprint density at radius 2 is 0.700 bits per heavy atom. The fourth-order valence-electron chi connectivity index (χ4n) is 9.86. The zero-order valence-corrected chi connectivity index (χ0v) is 32.3. The van der Waals surface area contributed by atoms with Crippen LogP contribution in [0.5, 0.6) is 0 Å². The highest BCUT2D eigenvalue weighted by Crippen LogP contribution is 2.49. The van der Waals surface area contributed by atoms with Crippen molar-refractivity contribution < 1.29 is 0 Å². The molecule has 0 radical (unpaired) electrons. The van der Waals surface area contributed by atoms with Crippen LogP contribution in [0.4, 0.5) is 0 Å². The van der Waals surface area contributed by atoms with Crippen molar-refractivity contribution >= 4 is 86.7 Å². The van der Waals surface area contributed by atoms with Crippen molar-refractivity contribution in [3.05, 3.63) is 200 Å². The topological polar surface area (TPSA) is 48.5 Å². The molecule has 0 aliphatic carbocycles. The van der Waals surface area contributed by atoms with E-state index in [-0.39, 0.29) is 0 Å². The Labute approximate surface area is 344 Å². The summed E-state index contributed by atoms with van der Waals surface area (Å²) in [6.45, 7) is 0. The minimum absolute atomic E-state index is 0.564. The number of para-hydroxylation sites is 2. The quantitative estimate of drug-likeness (QED) is 0.168. The summed E-state index contributed by atoms with van der Waals surface area (Å²) in [7, 11) is 0.